The van der Waals surface area contributed by atoms with Crippen molar-refractivity contribution >= 4 is 36.7 Å². The highest BCUT2D eigenvalue weighted by Gasteiger charge is 2.53. The van der Waals surface area contributed by atoms with Gasteiger partial charge in [-0.05, 0) is 24.1 Å². The molecule has 0 aliphatic carbocycles. The van der Waals surface area contributed by atoms with E-state index in [-0.39, 0.29) is 18.6 Å². The maximum absolute atomic E-state index is 12.8. The molecule has 2 saturated heterocycles. The number of hydrogen-bond acceptors (Lipinski definition) is 10. The molecule has 13 nitrogen and oxygen atoms in total. The second kappa shape index (κ2) is 12.7. The number of aromatic nitrogens is 4. The van der Waals surface area contributed by atoms with E-state index < -0.39 is 44.5 Å². The van der Waals surface area contributed by atoms with Gasteiger partial charge in [0.2, 0.25) is 0 Å². The molecule has 14 heteroatoms. The van der Waals surface area contributed by atoms with Crippen molar-refractivity contribution in [1.29, 1.82) is 0 Å². The number of imidazole rings is 1. The Morgan fingerprint density at radius 1 is 1.05 bits per heavy atom. The third-order valence-corrected chi connectivity index (χ3v) is 8.27. The van der Waals surface area contributed by atoms with Crippen molar-refractivity contribution in [2.45, 2.75) is 43.9 Å². The number of benzene rings is 2. The largest absolute Gasteiger partial charge is 0.778 e. The molecule has 43 heavy (non-hydrogen) atoms. The summed E-state index contributed by atoms with van der Waals surface area (Å²) in [5.74, 6) is 0.226. The van der Waals surface area contributed by atoms with Crippen molar-refractivity contribution in [3.8, 4) is 0 Å². The zero-order valence-corrected chi connectivity index (χ0v) is 24.1. The number of anilines is 1. The lowest BCUT2D eigenvalue weighted by molar-refractivity contribution is -0.204. The van der Waals surface area contributed by atoms with E-state index >= 15 is 0 Å². The van der Waals surface area contributed by atoms with Crippen LogP contribution in [0.4, 0.5) is 10.6 Å². The van der Waals surface area contributed by atoms with Crippen molar-refractivity contribution in [3.05, 3.63) is 90.5 Å². The highest BCUT2D eigenvalue weighted by Crippen LogP contribution is 2.45. The van der Waals surface area contributed by atoms with Crippen molar-refractivity contribution in [1.82, 2.24) is 24.8 Å². The molecule has 2 aliphatic rings. The normalized spacial score (nSPS) is 24.7. The fourth-order valence-electron chi connectivity index (χ4n) is 5.04. The molecule has 0 spiro atoms. The lowest BCUT2D eigenvalue weighted by atomic mass is 10.1. The Bertz CT molecular complexity index is 1640. The Labute approximate surface area is 247 Å². The van der Waals surface area contributed by atoms with Crippen LogP contribution in [-0.4, -0.2) is 63.3 Å². The molecule has 224 valence electrons. The van der Waals surface area contributed by atoms with Crippen molar-refractivity contribution in [2.24, 2.45) is 0 Å². The molecule has 4 aromatic rings. The Kier molecular flexibility index (Phi) is 8.61. The van der Waals surface area contributed by atoms with Crippen LogP contribution >= 0.6 is 7.60 Å². The molecule has 2 fully saturated rings. The summed E-state index contributed by atoms with van der Waals surface area (Å²) >= 11 is 0. The van der Waals surface area contributed by atoms with Crippen molar-refractivity contribution in [3.63, 3.8) is 0 Å². The SMILES string of the molecule is CCNC(=O)Nc1ncnc2c1ncn2[C@@H]1O[C@H](COP(=O)([O-])Cc2ccccc2)C2O[C@H](/C=C/c3ccccc3)OC21. The second-order valence-electron chi connectivity index (χ2n) is 9.99. The van der Waals surface area contributed by atoms with Gasteiger partial charge in [0.15, 0.2) is 29.5 Å². The first kappa shape index (κ1) is 29.1. The maximum atomic E-state index is 12.8. The lowest BCUT2D eigenvalue weighted by Gasteiger charge is -2.26. The molecule has 2 N–H and O–H groups in total. The molecule has 2 aromatic heterocycles. The van der Waals surface area contributed by atoms with Crippen LogP contribution < -0.4 is 15.5 Å². The first-order valence-corrected chi connectivity index (χ1v) is 15.5. The van der Waals surface area contributed by atoms with Gasteiger partial charge in [-0.25, -0.2) is 19.7 Å². The number of ether oxygens (including phenoxy) is 3. The number of carbonyl (C=O) groups is 1. The molecule has 0 radical (unpaired) electrons. The zero-order chi connectivity index (χ0) is 29.8. The minimum absolute atomic E-state index is 0.226. The van der Waals surface area contributed by atoms with Gasteiger partial charge in [-0.2, -0.15) is 0 Å². The van der Waals surface area contributed by atoms with E-state index in [1.54, 1.807) is 41.8 Å². The second-order valence-corrected chi connectivity index (χ2v) is 11.8. The smallest absolute Gasteiger partial charge is 0.320 e. The average molecular weight is 606 g/mol. The number of nitrogens with zero attached hydrogens (tertiary/aromatic N) is 4. The summed E-state index contributed by atoms with van der Waals surface area (Å²) in [5, 5.41) is 5.32. The number of hydrogen-bond donors (Lipinski definition) is 2. The Balaban J connectivity index is 1.24. The predicted octanol–water partition coefficient (Wildman–Crippen LogP) is 3.46. The fourth-order valence-corrected chi connectivity index (χ4v) is 6.17. The minimum Gasteiger partial charge on any atom is -0.778 e. The molecule has 2 amide bonds. The number of amides is 2. The number of fused-ring (bicyclic) bond motifs is 2. The Morgan fingerprint density at radius 3 is 2.56 bits per heavy atom. The van der Waals surface area contributed by atoms with E-state index in [0.717, 1.165) is 5.56 Å². The fraction of sp³-hybridized carbons (Fsp3) is 0.310. The first-order chi connectivity index (χ1) is 20.9. The lowest BCUT2D eigenvalue weighted by Crippen LogP contribution is -2.32. The van der Waals surface area contributed by atoms with Gasteiger partial charge in [-0.15, -0.1) is 0 Å². The summed E-state index contributed by atoms with van der Waals surface area (Å²) in [6.45, 7) is 1.97. The molecule has 0 saturated carbocycles. The molecule has 6 atom stereocenters. The van der Waals surface area contributed by atoms with Gasteiger partial charge < -0.3 is 33.5 Å². The maximum Gasteiger partial charge on any atom is 0.320 e. The van der Waals surface area contributed by atoms with E-state index in [1.807, 2.05) is 42.5 Å². The number of nitrogens with one attached hydrogen (secondary N) is 2. The van der Waals surface area contributed by atoms with E-state index in [0.29, 0.717) is 23.3 Å². The van der Waals surface area contributed by atoms with Gasteiger partial charge in [0, 0.05) is 12.7 Å². The molecular weight excluding hydrogens is 575 g/mol. The van der Waals surface area contributed by atoms with Crippen LogP contribution in [0.25, 0.3) is 17.2 Å². The Morgan fingerprint density at radius 2 is 1.79 bits per heavy atom. The summed E-state index contributed by atoms with van der Waals surface area (Å²) in [4.78, 5) is 37.9. The molecule has 4 heterocycles. The standard InChI is InChI=1S/C29H31N6O7P/c1-2-30-29(36)34-26-23-27(32-17-31-26)35(18-33-23)28-25-24(41-22(42-25)14-13-19-9-5-3-6-10-19)21(40-28)15-39-43(37,38)16-20-11-7-4-8-12-20/h3-14,17-18,21-22,24-25,28H,2,15-16H2,1H3,(H,37,38)(H2,30,31,32,34,36)/p-1/b14-13+/t21-,22+,24?,25?,28-/m1/s1. The first-order valence-electron chi connectivity index (χ1n) is 13.8. The Hall–Kier alpha value is -3.97. The molecular formula is C29H30N6O7P-. The molecule has 6 rings (SSSR count). The van der Waals surface area contributed by atoms with Crippen LogP contribution in [0.3, 0.4) is 0 Å². The highest BCUT2D eigenvalue weighted by molar-refractivity contribution is 7.50. The van der Waals surface area contributed by atoms with Crippen LogP contribution in [0.2, 0.25) is 0 Å². The topological polar surface area (TPSA) is 162 Å². The van der Waals surface area contributed by atoms with Gasteiger partial charge in [-0.1, -0.05) is 66.7 Å². The van der Waals surface area contributed by atoms with E-state index in [9.17, 15) is 14.3 Å². The predicted molar refractivity (Wildman–Crippen MR) is 155 cm³/mol. The van der Waals surface area contributed by atoms with Crippen LogP contribution in [-0.2, 0) is 29.5 Å². The van der Waals surface area contributed by atoms with Crippen LogP contribution in [0.5, 0.6) is 0 Å². The van der Waals surface area contributed by atoms with E-state index in [4.69, 9.17) is 18.7 Å². The molecule has 2 aliphatic heterocycles. The highest BCUT2D eigenvalue weighted by atomic mass is 31.2. The quantitative estimate of drug-likeness (QED) is 0.256. The summed E-state index contributed by atoms with van der Waals surface area (Å²) < 4.78 is 38.7. The van der Waals surface area contributed by atoms with Gasteiger partial charge in [0.1, 0.15) is 32.2 Å². The minimum atomic E-state index is -4.24. The third kappa shape index (κ3) is 6.67. The molecule has 2 aromatic carbocycles. The summed E-state index contributed by atoms with van der Waals surface area (Å²) in [7, 11) is -4.24. The summed E-state index contributed by atoms with van der Waals surface area (Å²) in [5.41, 5.74) is 2.33. The van der Waals surface area contributed by atoms with Crippen LogP contribution in [0.1, 0.15) is 24.3 Å². The van der Waals surface area contributed by atoms with Gasteiger partial charge in [0.25, 0.3) is 0 Å². The van der Waals surface area contributed by atoms with Crippen LogP contribution in [0, 0.1) is 0 Å². The van der Waals surface area contributed by atoms with Crippen LogP contribution in [0.15, 0.2) is 79.4 Å². The number of carbonyl (C=O) groups excluding carboxylic acids is 1. The number of rotatable bonds is 10. The zero-order valence-electron chi connectivity index (χ0n) is 23.2. The third-order valence-electron chi connectivity index (χ3n) is 6.97. The van der Waals surface area contributed by atoms with E-state index in [2.05, 4.69) is 25.6 Å². The van der Waals surface area contributed by atoms with Gasteiger partial charge >= 0.3 is 6.03 Å². The van der Waals surface area contributed by atoms with Gasteiger partial charge in [0.05, 0.1) is 12.9 Å². The number of urea groups is 1. The van der Waals surface area contributed by atoms with Gasteiger partial charge in [-0.3, -0.25) is 9.88 Å². The average Bonchev–Trinajstić information content (AvgIpc) is 3.70. The van der Waals surface area contributed by atoms with Crippen molar-refractivity contribution in [2.75, 3.05) is 18.5 Å². The monoisotopic (exact) mass is 605 g/mol. The van der Waals surface area contributed by atoms with E-state index in [1.165, 1.54) is 12.7 Å². The van der Waals surface area contributed by atoms with Crippen molar-refractivity contribution < 1.29 is 33.0 Å². The summed E-state index contributed by atoms with van der Waals surface area (Å²) in [6, 6.07) is 18.1. The summed E-state index contributed by atoms with van der Waals surface area (Å²) in [6.07, 6.45) is 2.67. The molecule has 3 unspecified atom stereocenters. The molecule has 0 bridgehead atoms.